The molecule has 0 saturated heterocycles. The summed E-state index contributed by atoms with van der Waals surface area (Å²) in [5.41, 5.74) is 2.16. The topological polar surface area (TPSA) is 144 Å². The SMILES string of the molecule is CCN(CC)C(=O)C=C(C)c1ccc2oc(C(=O)c3ccc(C#N)cc3)c(NC(=O)C(C#N)C(C)=O)c2c1. The maximum atomic E-state index is 13.4. The molecule has 0 aliphatic rings. The number of likely N-dealkylation sites (N-methyl/N-ethyl adjacent to an activating group) is 1. The monoisotopic (exact) mass is 510 g/mol. The van der Waals surface area contributed by atoms with Crippen molar-refractivity contribution < 1.29 is 23.6 Å². The third-order valence-corrected chi connectivity index (χ3v) is 6.09. The second-order valence-corrected chi connectivity index (χ2v) is 8.54. The summed E-state index contributed by atoms with van der Waals surface area (Å²) in [4.78, 5) is 52.3. The van der Waals surface area contributed by atoms with Crippen LogP contribution in [0.15, 0.2) is 53.0 Å². The molecule has 3 rings (SSSR count). The van der Waals surface area contributed by atoms with Crippen LogP contribution in [0, 0.1) is 28.6 Å². The number of Topliss-reactive ketones (excluding diaryl/α,β-unsaturated/α-hetero) is 1. The fourth-order valence-corrected chi connectivity index (χ4v) is 3.88. The molecule has 2 amide bonds. The summed E-state index contributed by atoms with van der Waals surface area (Å²) in [5.74, 6) is -4.03. The summed E-state index contributed by atoms with van der Waals surface area (Å²) in [6, 6.07) is 14.5. The van der Waals surface area contributed by atoms with Crippen molar-refractivity contribution in [2.24, 2.45) is 5.92 Å². The van der Waals surface area contributed by atoms with Crippen molar-refractivity contribution in [1.82, 2.24) is 4.90 Å². The number of ketones is 2. The van der Waals surface area contributed by atoms with Crippen LogP contribution in [0.4, 0.5) is 5.69 Å². The van der Waals surface area contributed by atoms with E-state index in [0.717, 1.165) is 6.92 Å². The number of fused-ring (bicyclic) bond motifs is 1. The number of furan rings is 1. The Hall–Kier alpha value is -5.02. The zero-order valence-electron chi connectivity index (χ0n) is 21.5. The Labute approximate surface area is 219 Å². The minimum Gasteiger partial charge on any atom is -0.450 e. The van der Waals surface area contributed by atoms with E-state index in [2.05, 4.69) is 5.32 Å². The van der Waals surface area contributed by atoms with E-state index in [0.29, 0.717) is 35.2 Å². The van der Waals surface area contributed by atoms with Crippen molar-refractivity contribution in [2.45, 2.75) is 27.7 Å². The van der Waals surface area contributed by atoms with Crippen molar-refractivity contribution in [3.05, 3.63) is 71.0 Å². The van der Waals surface area contributed by atoms with Crippen LogP contribution in [-0.4, -0.2) is 41.4 Å². The fraction of sp³-hybridized carbons (Fsp3) is 0.241. The number of amides is 2. The predicted octanol–water partition coefficient (Wildman–Crippen LogP) is 4.47. The molecule has 0 bridgehead atoms. The number of allylic oxidation sites excluding steroid dienone is 1. The van der Waals surface area contributed by atoms with Crippen LogP contribution in [0.3, 0.4) is 0 Å². The highest BCUT2D eigenvalue weighted by Gasteiger charge is 2.28. The molecule has 3 aromatic rings. The normalized spacial score (nSPS) is 11.8. The molecular formula is C29H26N4O5. The minimum atomic E-state index is -1.57. The van der Waals surface area contributed by atoms with Crippen LogP contribution in [0.1, 0.15) is 54.9 Å². The van der Waals surface area contributed by atoms with Gasteiger partial charge in [0.1, 0.15) is 5.58 Å². The number of hydrogen-bond donors (Lipinski definition) is 1. The average Bonchev–Trinajstić information content (AvgIpc) is 3.26. The Morgan fingerprint density at radius 2 is 1.63 bits per heavy atom. The Morgan fingerprint density at radius 3 is 2.18 bits per heavy atom. The van der Waals surface area contributed by atoms with E-state index >= 15 is 0 Å². The summed E-state index contributed by atoms with van der Waals surface area (Å²) < 4.78 is 5.84. The highest BCUT2D eigenvalue weighted by Crippen LogP contribution is 2.35. The molecule has 0 aliphatic heterocycles. The largest absolute Gasteiger partial charge is 0.450 e. The summed E-state index contributed by atoms with van der Waals surface area (Å²) in [7, 11) is 0. The first-order valence-electron chi connectivity index (χ1n) is 11.9. The lowest BCUT2D eigenvalue weighted by atomic mass is 10.0. The molecule has 0 radical (unpaired) electrons. The minimum absolute atomic E-state index is 0.00517. The van der Waals surface area contributed by atoms with E-state index < -0.39 is 23.4 Å². The van der Waals surface area contributed by atoms with Crippen LogP contribution < -0.4 is 5.32 Å². The predicted molar refractivity (Wildman–Crippen MR) is 141 cm³/mol. The third kappa shape index (κ3) is 5.69. The highest BCUT2D eigenvalue weighted by atomic mass is 16.3. The standard InChI is InChI=1S/C29H26N4O5/c1-5-33(6-2)25(35)13-17(3)21-11-12-24-22(14-21)26(32-29(37)23(16-31)18(4)34)28(38-24)27(36)20-9-7-19(15-30)8-10-20/h7-14,23H,5-6H2,1-4H3,(H,32,37). The fourth-order valence-electron chi connectivity index (χ4n) is 3.88. The lowest BCUT2D eigenvalue weighted by molar-refractivity contribution is -0.128. The van der Waals surface area contributed by atoms with Gasteiger partial charge in [0.2, 0.25) is 17.6 Å². The molecule has 0 saturated carbocycles. The van der Waals surface area contributed by atoms with Crippen molar-refractivity contribution in [2.75, 3.05) is 18.4 Å². The molecule has 1 N–H and O–H groups in total. The van der Waals surface area contributed by atoms with Gasteiger partial charge in [-0.2, -0.15) is 10.5 Å². The van der Waals surface area contributed by atoms with E-state index in [4.69, 9.17) is 9.68 Å². The Balaban J connectivity index is 2.15. The molecule has 1 aromatic heterocycles. The van der Waals surface area contributed by atoms with Crippen molar-refractivity contribution >= 4 is 45.6 Å². The van der Waals surface area contributed by atoms with Gasteiger partial charge in [0.25, 0.3) is 0 Å². The Morgan fingerprint density at radius 1 is 1.00 bits per heavy atom. The Bertz CT molecular complexity index is 1530. The van der Waals surface area contributed by atoms with Crippen molar-refractivity contribution in [1.29, 1.82) is 10.5 Å². The smallest absolute Gasteiger partial charge is 0.249 e. The second kappa shape index (κ2) is 11.8. The summed E-state index contributed by atoms with van der Waals surface area (Å²) in [5, 5.41) is 21.2. The first-order chi connectivity index (χ1) is 18.1. The molecule has 0 fully saturated rings. The Kier molecular flexibility index (Phi) is 8.57. The summed E-state index contributed by atoms with van der Waals surface area (Å²) in [6.07, 6.45) is 1.51. The van der Waals surface area contributed by atoms with Crippen molar-refractivity contribution in [3.8, 4) is 12.1 Å². The number of nitriles is 2. The van der Waals surface area contributed by atoms with Gasteiger partial charge in [-0.15, -0.1) is 0 Å². The van der Waals surface area contributed by atoms with E-state index in [-0.39, 0.29) is 28.5 Å². The zero-order valence-corrected chi connectivity index (χ0v) is 21.5. The number of benzene rings is 2. The number of nitrogens with one attached hydrogen (secondary N) is 1. The van der Waals surface area contributed by atoms with Gasteiger partial charge in [-0.25, -0.2) is 0 Å². The maximum Gasteiger partial charge on any atom is 0.249 e. The van der Waals surface area contributed by atoms with Crippen LogP contribution >= 0.6 is 0 Å². The molecule has 192 valence electrons. The number of nitrogens with zero attached hydrogens (tertiary/aromatic N) is 3. The quantitative estimate of drug-likeness (QED) is 0.254. The molecule has 9 heteroatoms. The number of hydrogen-bond acceptors (Lipinski definition) is 7. The van der Waals surface area contributed by atoms with Crippen LogP contribution in [0.5, 0.6) is 0 Å². The summed E-state index contributed by atoms with van der Waals surface area (Å²) >= 11 is 0. The van der Waals surface area contributed by atoms with Crippen LogP contribution in [0.2, 0.25) is 0 Å². The van der Waals surface area contributed by atoms with Crippen LogP contribution in [0.25, 0.3) is 16.5 Å². The number of carbonyl (C=O) groups excluding carboxylic acids is 4. The lowest BCUT2D eigenvalue weighted by Crippen LogP contribution is -2.28. The number of rotatable bonds is 9. The zero-order chi connectivity index (χ0) is 28.0. The third-order valence-electron chi connectivity index (χ3n) is 6.09. The van der Waals surface area contributed by atoms with Gasteiger partial charge in [0.05, 0.1) is 23.4 Å². The van der Waals surface area contributed by atoms with Gasteiger partial charge in [-0.05, 0) is 75.2 Å². The molecule has 1 heterocycles. The van der Waals surface area contributed by atoms with Gasteiger partial charge >= 0.3 is 0 Å². The molecule has 0 spiro atoms. The molecule has 2 aromatic carbocycles. The van der Waals surface area contributed by atoms with Gasteiger partial charge in [-0.3, -0.25) is 19.2 Å². The molecule has 1 atom stereocenters. The molecule has 38 heavy (non-hydrogen) atoms. The summed E-state index contributed by atoms with van der Waals surface area (Å²) in [6.45, 7) is 7.80. The number of carbonyl (C=O) groups is 4. The first kappa shape index (κ1) is 27.6. The van der Waals surface area contributed by atoms with Gasteiger partial charge in [-0.1, -0.05) is 6.07 Å². The van der Waals surface area contributed by atoms with E-state index in [9.17, 15) is 24.4 Å². The molecular weight excluding hydrogens is 484 g/mol. The second-order valence-electron chi connectivity index (χ2n) is 8.54. The van der Waals surface area contributed by atoms with Gasteiger partial charge in [0, 0.05) is 30.1 Å². The highest BCUT2D eigenvalue weighted by molar-refractivity contribution is 6.19. The first-order valence-corrected chi connectivity index (χ1v) is 11.9. The van der Waals surface area contributed by atoms with E-state index in [1.165, 1.54) is 30.3 Å². The lowest BCUT2D eigenvalue weighted by Gasteiger charge is -2.16. The van der Waals surface area contributed by atoms with E-state index in [1.807, 2.05) is 19.9 Å². The number of anilines is 1. The van der Waals surface area contributed by atoms with Gasteiger partial charge < -0.3 is 14.6 Å². The molecule has 1 unspecified atom stereocenters. The molecule has 9 nitrogen and oxygen atoms in total. The molecule has 0 aliphatic carbocycles. The maximum absolute atomic E-state index is 13.4. The van der Waals surface area contributed by atoms with Crippen LogP contribution in [-0.2, 0) is 14.4 Å². The van der Waals surface area contributed by atoms with Crippen molar-refractivity contribution in [3.63, 3.8) is 0 Å². The van der Waals surface area contributed by atoms with Gasteiger partial charge in [0.15, 0.2) is 17.5 Å². The van der Waals surface area contributed by atoms with E-state index in [1.54, 1.807) is 36.1 Å². The average molecular weight is 511 g/mol.